The zero-order valence-corrected chi connectivity index (χ0v) is 14.2. The Morgan fingerprint density at radius 1 is 1.12 bits per heavy atom. The van der Waals surface area contributed by atoms with Gasteiger partial charge in [0.05, 0.1) is 11.4 Å². The molecule has 2 saturated heterocycles. The van der Waals surface area contributed by atoms with Gasteiger partial charge in [-0.3, -0.25) is 4.79 Å². The Labute approximate surface area is 141 Å². The molecule has 1 N–H and O–H groups in total. The fraction of sp³-hybridized carbons (Fsp3) is 0.467. The van der Waals surface area contributed by atoms with E-state index in [-0.39, 0.29) is 29.9 Å². The number of sulfonamides is 1. The molecule has 1 aromatic carbocycles. The molecule has 1 atom stereocenters. The standard InChI is InChI=1S/C15H20N4O4S/c1-17-11-13(16-15(17)21)14(20)18-7-9-19(10-8-18)24(22,23)12-5-3-2-4-6-12/h2-6,13H,7-11H2,1H3,(H,16,21). The predicted octanol–water partition coefficient (Wildman–Crippen LogP) is -0.457. The molecule has 1 aromatic rings. The number of hydrogen-bond donors (Lipinski definition) is 1. The van der Waals surface area contributed by atoms with Crippen LogP contribution in [0.15, 0.2) is 35.2 Å². The van der Waals surface area contributed by atoms with E-state index in [0.717, 1.165) is 0 Å². The van der Waals surface area contributed by atoms with E-state index in [1.165, 1.54) is 9.21 Å². The van der Waals surface area contributed by atoms with Crippen molar-refractivity contribution in [2.75, 3.05) is 39.8 Å². The molecule has 8 nitrogen and oxygen atoms in total. The SMILES string of the molecule is CN1CC(C(=O)N2CCN(S(=O)(=O)c3ccccc3)CC2)NC1=O. The Hall–Kier alpha value is -2.13. The van der Waals surface area contributed by atoms with Crippen LogP contribution in [0.3, 0.4) is 0 Å². The van der Waals surface area contributed by atoms with Crippen molar-refractivity contribution >= 4 is 22.0 Å². The van der Waals surface area contributed by atoms with Crippen molar-refractivity contribution in [2.24, 2.45) is 0 Å². The van der Waals surface area contributed by atoms with E-state index in [1.807, 2.05) is 0 Å². The van der Waals surface area contributed by atoms with Gasteiger partial charge < -0.3 is 15.1 Å². The largest absolute Gasteiger partial charge is 0.338 e. The average molecular weight is 352 g/mol. The summed E-state index contributed by atoms with van der Waals surface area (Å²) in [7, 11) is -1.90. The lowest BCUT2D eigenvalue weighted by Crippen LogP contribution is -2.54. The summed E-state index contributed by atoms with van der Waals surface area (Å²) in [6, 6.07) is 7.45. The van der Waals surface area contributed by atoms with Gasteiger partial charge >= 0.3 is 6.03 Å². The smallest absolute Gasteiger partial charge is 0.317 e. The van der Waals surface area contributed by atoms with Gasteiger partial charge in [0.1, 0.15) is 6.04 Å². The maximum Gasteiger partial charge on any atom is 0.317 e. The topological polar surface area (TPSA) is 90.0 Å². The quantitative estimate of drug-likeness (QED) is 0.797. The fourth-order valence-electron chi connectivity index (χ4n) is 2.91. The Morgan fingerprint density at radius 3 is 2.29 bits per heavy atom. The molecular formula is C15H20N4O4S. The van der Waals surface area contributed by atoms with E-state index in [4.69, 9.17) is 0 Å². The molecule has 0 bridgehead atoms. The summed E-state index contributed by atoms with van der Waals surface area (Å²) in [6.45, 7) is 1.47. The van der Waals surface area contributed by atoms with Gasteiger partial charge in [-0.2, -0.15) is 4.31 Å². The Bertz CT molecular complexity index is 729. The molecule has 3 rings (SSSR count). The Balaban J connectivity index is 1.62. The summed E-state index contributed by atoms with van der Waals surface area (Å²) < 4.78 is 26.5. The average Bonchev–Trinajstić information content (AvgIpc) is 2.94. The van der Waals surface area contributed by atoms with E-state index in [9.17, 15) is 18.0 Å². The van der Waals surface area contributed by atoms with E-state index in [2.05, 4.69) is 5.32 Å². The number of amides is 3. The van der Waals surface area contributed by atoms with Gasteiger partial charge in [0.15, 0.2) is 0 Å². The van der Waals surface area contributed by atoms with Crippen LogP contribution in [0.1, 0.15) is 0 Å². The predicted molar refractivity (Wildman–Crippen MR) is 86.7 cm³/mol. The number of hydrogen-bond acceptors (Lipinski definition) is 4. The minimum Gasteiger partial charge on any atom is -0.338 e. The summed E-state index contributed by atoms with van der Waals surface area (Å²) in [6.07, 6.45) is 0. The highest BCUT2D eigenvalue weighted by atomic mass is 32.2. The molecule has 2 heterocycles. The van der Waals surface area contributed by atoms with Gasteiger partial charge in [-0.05, 0) is 12.1 Å². The van der Waals surface area contributed by atoms with Gasteiger partial charge in [-0.25, -0.2) is 13.2 Å². The van der Waals surface area contributed by atoms with Crippen LogP contribution in [-0.4, -0.2) is 80.3 Å². The molecule has 0 saturated carbocycles. The van der Waals surface area contributed by atoms with Gasteiger partial charge in [0.2, 0.25) is 15.9 Å². The second-order valence-corrected chi connectivity index (χ2v) is 7.86. The Kier molecular flexibility index (Phi) is 4.46. The van der Waals surface area contributed by atoms with Crippen molar-refractivity contribution in [3.63, 3.8) is 0 Å². The van der Waals surface area contributed by atoms with Crippen molar-refractivity contribution in [3.05, 3.63) is 30.3 Å². The highest BCUT2D eigenvalue weighted by Crippen LogP contribution is 2.18. The third kappa shape index (κ3) is 3.09. The maximum atomic E-state index is 12.6. The molecule has 9 heteroatoms. The lowest BCUT2D eigenvalue weighted by molar-refractivity contribution is -0.134. The van der Waals surface area contributed by atoms with Crippen LogP contribution in [0.5, 0.6) is 0 Å². The highest BCUT2D eigenvalue weighted by Gasteiger charge is 2.36. The monoisotopic (exact) mass is 352 g/mol. The lowest BCUT2D eigenvalue weighted by atomic mass is 10.2. The first-order valence-electron chi connectivity index (χ1n) is 7.75. The van der Waals surface area contributed by atoms with Gasteiger partial charge in [0.25, 0.3) is 0 Å². The van der Waals surface area contributed by atoms with Gasteiger partial charge in [0, 0.05) is 33.2 Å². The molecule has 24 heavy (non-hydrogen) atoms. The summed E-state index contributed by atoms with van der Waals surface area (Å²) in [5.74, 6) is -0.163. The number of piperazine rings is 1. The summed E-state index contributed by atoms with van der Waals surface area (Å²) >= 11 is 0. The van der Waals surface area contributed by atoms with Gasteiger partial charge in [-0.15, -0.1) is 0 Å². The first kappa shape index (κ1) is 16.7. The third-order valence-corrected chi connectivity index (χ3v) is 6.24. The molecule has 3 amide bonds. The second kappa shape index (κ2) is 6.40. The van der Waals surface area contributed by atoms with Gasteiger partial charge in [-0.1, -0.05) is 18.2 Å². The van der Waals surface area contributed by atoms with Crippen molar-refractivity contribution in [2.45, 2.75) is 10.9 Å². The summed E-state index contributed by atoms with van der Waals surface area (Å²) in [5.41, 5.74) is 0. The normalized spacial score (nSPS) is 22.5. The van der Waals surface area contributed by atoms with Crippen molar-refractivity contribution in [3.8, 4) is 0 Å². The van der Waals surface area contributed by atoms with Crippen molar-refractivity contribution < 1.29 is 18.0 Å². The molecule has 130 valence electrons. The molecule has 2 aliphatic heterocycles. The number of carbonyl (C=O) groups is 2. The zero-order chi connectivity index (χ0) is 17.3. The second-order valence-electron chi connectivity index (χ2n) is 5.93. The van der Waals surface area contributed by atoms with E-state index < -0.39 is 16.1 Å². The highest BCUT2D eigenvalue weighted by molar-refractivity contribution is 7.89. The number of nitrogens with zero attached hydrogens (tertiary/aromatic N) is 3. The van der Waals surface area contributed by atoms with Crippen LogP contribution in [0.25, 0.3) is 0 Å². The molecule has 0 spiro atoms. The maximum absolute atomic E-state index is 12.6. The third-order valence-electron chi connectivity index (χ3n) is 4.33. The summed E-state index contributed by atoms with van der Waals surface area (Å²) in [4.78, 5) is 27.2. The molecular weight excluding hydrogens is 332 g/mol. The van der Waals surface area contributed by atoms with Crippen molar-refractivity contribution in [1.82, 2.24) is 19.4 Å². The fourth-order valence-corrected chi connectivity index (χ4v) is 4.36. The van der Waals surface area contributed by atoms with Crippen LogP contribution in [0.4, 0.5) is 4.79 Å². The minimum absolute atomic E-state index is 0.163. The molecule has 0 aromatic heterocycles. The number of benzene rings is 1. The number of rotatable bonds is 3. The number of urea groups is 1. The van der Waals surface area contributed by atoms with E-state index in [1.54, 1.807) is 42.3 Å². The summed E-state index contributed by atoms with van der Waals surface area (Å²) in [5, 5.41) is 2.63. The van der Waals surface area contributed by atoms with Crippen LogP contribution >= 0.6 is 0 Å². The Morgan fingerprint density at radius 2 is 1.75 bits per heavy atom. The molecule has 0 aliphatic carbocycles. The van der Waals surface area contributed by atoms with Crippen LogP contribution in [0, 0.1) is 0 Å². The molecule has 2 aliphatic rings. The first-order valence-corrected chi connectivity index (χ1v) is 9.19. The lowest BCUT2D eigenvalue weighted by Gasteiger charge is -2.35. The molecule has 0 radical (unpaired) electrons. The van der Waals surface area contributed by atoms with Crippen molar-refractivity contribution in [1.29, 1.82) is 0 Å². The molecule has 1 unspecified atom stereocenters. The van der Waals surface area contributed by atoms with Crippen LogP contribution < -0.4 is 5.32 Å². The molecule has 2 fully saturated rings. The number of likely N-dealkylation sites (N-methyl/N-ethyl adjacent to an activating group) is 1. The number of nitrogens with one attached hydrogen (secondary N) is 1. The first-order chi connectivity index (χ1) is 11.4. The van der Waals surface area contributed by atoms with E-state index >= 15 is 0 Å². The number of carbonyl (C=O) groups excluding carboxylic acids is 2. The zero-order valence-electron chi connectivity index (χ0n) is 13.4. The van der Waals surface area contributed by atoms with E-state index in [0.29, 0.717) is 19.6 Å². The minimum atomic E-state index is -3.53. The van der Waals surface area contributed by atoms with Crippen LogP contribution in [-0.2, 0) is 14.8 Å². The van der Waals surface area contributed by atoms with Crippen LogP contribution in [0.2, 0.25) is 0 Å².